The summed E-state index contributed by atoms with van der Waals surface area (Å²) in [5.41, 5.74) is 13.9. The van der Waals surface area contributed by atoms with E-state index in [9.17, 15) is 0 Å². The normalized spacial score (nSPS) is 11.4. The molecule has 58 heavy (non-hydrogen) atoms. The van der Waals surface area contributed by atoms with E-state index in [1.807, 2.05) is 0 Å². The molecule has 0 amide bonds. The zero-order valence-electron chi connectivity index (χ0n) is 31.8. The predicted molar refractivity (Wildman–Crippen MR) is 247 cm³/mol. The van der Waals surface area contributed by atoms with Crippen LogP contribution in [0.5, 0.6) is 0 Å². The van der Waals surface area contributed by atoms with E-state index in [1.165, 1.54) is 71.2 Å². The van der Waals surface area contributed by atoms with Gasteiger partial charge in [0.25, 0.3) is 0 Å². The van der Waals surface area contributed by atoms with Gasteiger partial charge in [-0.3, -0.25) is 0 Å². The number of nitrogens with zero attached hydrogens (tertiary/aromatic N) is 2. The molecule has 0 spiro atoms. The first-order valence-corrected chi connectivity index (χ1v) is 19.9. The van der Waals surface area contributed by atoms with Crippen LogP contribution in [0.2, 0.25) is 0 Å². The number of para-hydroxylation sites is 1. The average Bonchev–Trinajstić information content (AvgIpc) is 3.65. The maximum absolute atomic E-state index is 2.45. The lowest BCUT2D eigenvalue weighted by molar-refractivity contribution is 1.19. The van der Waals surface area contributed by atoms with Crippen LogP contribution in [0.1, 0.15) is 0 Å². The minimum absolute atomic E-state index is 1.09. The monoisotopic (exact) mass is 738 g/mol. The summed E-state index contributed by atoms with van der Waals surface area (Å²) in [6.45, 7) is 0. The molecule has 272 valence electrons. The van der Waals surface area contributed by atoms with Gasteiger partial charge in [0.2, 0.25) is 0 Å². The second kappa shape index (κ2) is 14.1. The Hall–Kier alpha value is -7.68. The minimum atomic E-state index is 1.09. The van der Waals surface area contributed by atoms with Gasteiger partial charge in [0.1, 0.15) is 0 Å². The molecule has 0 bridgehead atoms. The van der Waals surface area contributed by atoms with E-state index in [0.29, 0.717) is 0 Å². The Morgan fingerprint density at radius 1 is 0.310 bits per heavy atom. The van der Waals surface area contributed by atoms with E-state index in [2.05, 4.69) is 240 Å². The molecule has 2 heteroatoms. The van der Waals surface area contributed by atoms with Crippen molar-refractivity contribution in [3.63, 3.8) is 0 Å². The number of anilines is 3. The highest BCUT2D eigenvalue weighted by Gasteiger charge is 2.21. The topological polar surface area (TPSA) is 8.17 Å². The van der Waals surface area contributed by atoms with Gasteiger partial charge in [0, 0.05) is 38.9 Å². The molecule has 11 rings (SSSR count). The predicted octanol–water partition coefficient (Wildman–Crippen LogP) is 15.6. The van der Waals surface area contributed by atoms with Crippen LogP contribution in [0.4, 0.5) is 17.1 Å². The van der Waals surface area contributed by atoms with Gasteiger partial charge in [0.15, 0.2) is 0 Å². The van der Waals surface area contributed by atoms with Gasteiger partial charge in [-0.05, 0) is 110 Å². The summed E-state index contributed by atoms with van der Waals surface area (Å²) >= 11 is 0. The average molecular weight is 739 g/mol. The van der Waals surface area contributed by atoms with Crippen LogP contribution in [0.25, 0.3) is 82.4 Å². The van der Waals surface area contributed by atoms with Crippen LogP contribution >= 0.6 is 0 Å². The molecular weight excluding hydrogens is 701 g/mol. The second-order valence-electron chi connectivity index (χ2n) is 15.0. The highest BCUT2D eigenvalue weighted by molar-refractivity contribution is 6.22. The molecule has 0 radical (unpaired) electrons. The molecule has 1 aromatic heterocycles. The Labute approximate surface area is 338 Å². The number of hydrogen-bond acceptors (Lipinski definition) is 1. The van der Waals surface area contributed by atoms with E-state index in [4.69, 9.17) is 0 Å². The van der Waals surface area contributed by atoms with Gasteiger partial charge in [-0.25, -0.2) is 0 Å². The third-order valence-electron chi connectivity index (χ3n) is 11.5. The first-order valence-electron chi connectivity index (χ1n) is 19.9. The molecule has 0 saturated carbocycles. The largest absolute Gasteiger partial charge is 0.310 e. The molecule has 2 nitrogen and oxygen atoms in total. The SMILES string of the molecule is c1ccc(-c2cc(-c3ccccc3)cc(N(c3cccc(-c4cccc5c4c4ccc6ccccc6c4n5-c4ccccc4)c3)c3ccc4ccccc4c3)c2)cc1. The molecule has 0 aliphatic rings. The highest BCUT2D eigenvalue weighted by Crippen LogP contribution is 2.45. The molecule has 1 heterocycles. The molecule has 10 aromatic carbocycles. The molecule has 0 N–H and O–H groups in total. The Morgan fingerprint density at radius 3 is 1.62 bits per heavy atom. The van der Waals surface area contributed by atoms with Crippen LogP contribution in [0, 0.1) is 0 Å². The maximum Gasteiger partial charge on any atom is 0.0619 e. The zero-order chi connectivity index (χ0) is 38.4. The van der Waals surface area contributed by atoms with E-state index < -0.39 is 0 Å². The smallest absolute Gasteiger partial charge is 0.0619 e. The van der Waals surface area contributed by atoms with Gasteiger partial charge >= 0.3 is 0 Å². The Kier molecular flexibility index (Phi) is 8.19. The third kappa shape index (κ3) is 5.82. The van der Waals surface area contributed by atoms with Crippen LogP contribution in [0.15, 0.2) is 231 Å². The molecule has 0 unspecified atom stereocenters. The van der Waals surface area contributed by atoms with Crippen molar-refractivity contribution in [2.45, 2.75) is 0 Å². The van der Waals surface area contributed by atoms with Crippen molar-refractivity contribution in [3.05, 3.63) is 231 Å². The Morgan fingerprint density at radius 2 is 0.879 bits per heavy atom. The summed E-state index contributed by atoms with van der Waals surface area (Å²) < 4.78 is 2.45. The Bertz CT molecular complexity index is 3210. The van der Waals surface area contributed by atoms with Crippen LogP contribution in [-0.2, 0) is 0 Å². The van der Waals surface area contributed by atoms with E-state index >= 15 is 0 Å². The van der Waals surface area contributed by atoms with Gasteiger partial charge in [0.05, 0.1) is 11.0 Å². The lowest BCUT2D eigenvalue weighted by Gasteiger charge is -2.28. The molecule has 11 aromatic rings. The maximum atomic E-state index is 2.45. The summed E-state index contributed by atoms with van der Waals surface area (Å²) in [7, 11) is 0. The minimum Gasteiger partial charge on any atom is -0.310 e. The number of rotatable bonds is 7. The first kappa shape index (κ1) is 33.6. The van der Waals surface area contributed by atoms with E-state index in [1.54, 1.807) is 0 Å². The quantitative estimate of drug-likeness (QED) is 0.158. The number of hydrogen-bond donors (Lipinski definition) is 0. The second-order valence-corrected chi connectivity index (χ2v) is 15.0. The number of aromatic nitrogens is 1. The highest BCUT2D eigenvalue weighted by atomic mass is 15.1. The summed E-state index contributed by atoms with van der Waals surface area (Å²) in [6, 6.07) is 83.8. The Balaban J connectivity index is 1.16. The van der Waals surface area contributed by atoms with Crippen LogP contribution in [0.3, 0.4) is 0 Å². The lowest BCUT2D eigenvalue weighted by Crippen LogP contribution is -2.10. The van der Waals surface area contributed by atoms with Gasteiger partial charge in [-0.15, -0.1) is 0 Å². The number of fused-ring (bicyclic) bond motifs is 6. The van der Waals surface area contributed by atoms with Crippen molar-refractivity contribution < 1.29 is 0 Å². The van der Waals surface area contributed by atoms with Crippen molar-refractivity contribution in [3.8, 4) is 39.1 Å². The fourth-order valence-electron chi connectivity index (χ4n) is 8.82. The summed E-state index contributed by atoms with van der Waals surface area (Å²) in [6.07, 6.45) is 0. The van der Waals surface area contributed by atoms with Crippen molar-refractivity contribution >= 4 is 60.4 Å². The van der Waals surface area contributed by atoms with Gasteiger partial charge in [-0.2, -0.15) is 0 Å². The van der Waals surface area contributed by atoms with Crippen molar-refractivity contribution in [2.24, 2.45) is 0 Å². The fraction of sp³-hybridized carbons (Fsp3) is 0. The number of benzene rings is 10. The third-order valence-corrected chi connectivity index (χ3v) is 11.5. The van der Waals surface area contributed by atoms with Gasteiger partial charge < -0.3 is 9.47 Å². The molecule has 0 aliphatic carbocycles. The van der Waals surface area contributed by atoms with E-state index in [-0.39, 0.29) is 0 Å². The molecule has 0 atom stereocenters. The van der Waals surface area contributed by atoms with Crippen LogP contribution in [-0.4, -0.2) is 4.57 Å². The summed E-state index contributed by atoms with van der Waals surface area (Å²) in [5.74, 6) is 0. The summed E-state index contributed by atoms with van der Waals surface area (Å²) in [5, 5.41) is 7.39. The molecule has 0 aliphatic heterocycles. The fourth-order valence-corrected chi connectivity index (χ4v) is 8.82. The zero-order valence-corrected chi connectivity index (χ0v) is 31.8. The first-order chi connectivity index (χ1) is 28.8. The summed E-state index contributed by atoms with van der Waals surface area (Å²) in [4.78, 5) is 2.43. The molecular formula is C56H38N2. The molecule has 0 saturated heterocycles. The van der Waals surface area contributed by atoms with Crippen molar-refractivity contribution in [1.29, 1.82) is 0 Å². The van der Waals surface area contributed by atoms with Crippen molar-refractivity contribution in [2.75, 3.05) is 4.90 Å². The van der Waals surface area contributed by atoms with Gasteiger partial charge in [-0.1, -0.05) is 170 Å². The van der Waals surface area contributed by atoms with Crippen molar-refractivity contribution in [1.82, 2.24) is 4.57 Å². The van der Waals surface area contributed by atoms with E-state index in [0.717, 1.165) is 28.3 Å². The van der Waals surface area contributed by atoms with Crippen LogP contribution < -0.4 is 4.90 Å². The lowest BCUT2D eigenvalue weighted by atomic mass is 9.96. The standard InChI is InChI=1S/C56H38N2/c1-4-16-39(17-5-1)45-34-46(40-18-6-2-7-19-40)38-50(37-45)57(49-32-30-41-20-10-11-22-43(41)35-49)48-26-14-23-44(36-48)51-28-15-29-54-55(51)53-33-31-42-21-12-13-27-52(42)56(53)58(54)47-24-8-3-9-25-47/h1-38H. The molecule has 0 fully saturated rings.